The van der Waals surface area contributed by atoms with Crippen LogP contribution in [0.2, 0.25) is 0 Å². The van der Waals surface area contributed by atoms with Gasteiger partial charge in [0.25, 0.3) is 0 Å². The number of esters is 2. The number of Topliss-reactive ketones (excluding diaryl/α,β-unsaturated/α-hetero) is 1. The predicted octanol–water partition coefficient (Wildman–Crippen LogP) is 4.88. The third-order valence-corrected chi connectivity index (χ3v) is 6.67. The van der Waals surface area contributed by atoms with Crippen LogP contribution in [0.1, 0.15) is 75.2 Å². The van der Waals surface area contributed by atoms with Crippen molar-refractivity contribution in [1.82, 2.24) is 0 Å². The highest BCUT2D eigenvalue weighted by atomic mass is 16.6. The number of carbonyl (C=O) groups is 3. The molecule has 5 unspecified atom stereocenters. The number of carbonyl (C=O) groups excluding carboxylic acids is 3. The second-order valence-corrected chi connectivity index (χ2v) is 9.07. The van der Waals surface area contributed by atoms with E-state index in [1.54, 1.807) is 6.92 Å². The molecule has 1 aromatic heterocycles. The Bertz CT molecular complexity index is 931. The van der Waals surface area contributed by atoms with Crippen molar-refractivity contribution in [2.24, 2.45) is 17.3 Å². The third-order valence-electron chi connectivity index (χ3n) is 6.67. The van der Waals surface area contributed by atoms with Crippen LogP contribution in [0.5, 0.6) is 0 Å². The number of ether oxygens (including phenoxy) is 2. The molecule has 2 aliphatic rings. The quantitative estimate of drug-likeness (QED) is 0.516. The van der Waals surface area contributed by atoms with Crippen LogP contribution >= 0.6 is 0 Å². The normalized spacial score (nSPS) is 30.0. The molecule has 5 atom stereocenters. The summed E-state index contributed by atoms with van der Waals surface area (Å²) in [5, 5.41) is 0. The molecule has 0 N–H and O–H groups in total. The summed E-state index contributed by atoms with van der Waals surface area (Å²) in [5.74, 6) is -1.35. The molecule has 0 spiro atoms. The van der Waals surface area contributed by atoms with E-state index in [4.69, 9.17) is 13.9 Å². The van der Waals surface area contributed by atoms with Gasteiger partial charge in [-0.3, -0.25) is 4.79 Å². The summed E-state index contributed by atoms with van der Waals surface area (Å²) in [5.41, 5.74) is 1.75. The molecule has 30 heavy (non-hydrogen) atoms. The van der Waals surface area contributed by atoms with Crippen molar-refractivity contribution in [1.29, 1.82) is 0 Å². The molecule has 1 aromatic rings. The van der Waals surface area contributed by atoms with Crippen molar-refractivity contribution in [3.63, 3.8) is 0 Å². The van der Waals surface area contributed by atoms with Gasteiger partial charge in [0.05, 0.1) is 6.26 Å². The molecular weight excluding hydrogens is 384 g/mol. The minimum Gasteiger partial charge on any atom is -0.461 e. The zero-order valence-electron chi connectivity index (χ0n) is 18.5. The fraction of sp³-hybridized carbons (Fsp3) is 0.542. The highest BCUT2D eigenvalue weighted by Gasteiger charge is 2.61. The topological polar surface area (TPSA) is 82.8 Å². The minimum atomic E-state index is -0.752. The number of rotatable bonds is 4. The number of ketones is 1. The van der Waals surface area contributed by atoms with Crippen LogP contribution in [0.25, 0.3) is 0 Å². The largest absolute Gasteiger partial charge is 0.461 e. The summed E-state index contributed by atoms with van der Waals surface area (Å²) in [6.07, 6.45) is 2.99. The van der Waals surface area contributed by atoms with Crippen LogP contribution in [0.3, 0.4) is 0 Å². The first-order chi connectivity index (χ1) is 14.0. The average Bonchev–Trinajstić information content (AvgIpc) is 3.03. The van der Waals surface area contributed by atoms with Gasteiger partial charge in [0.2, 0.25) is 5.78 Å². The Labute approximate surface area is 177 Å². The van der Waals surface area contributed by atoms with Gasteiger partial charge in [-0.05, 0) is 46.1 Å². The molecule has 1 saturated carbocycles. The van der Waals surface area contributed by atoms with Crippen LogP contribution in [-0.4, -0.2) is 23.8 Å². The zero-order valence-corrected chi connectivity index (χ0v) is 18.5. The van der Waals surface area contributed by atoms with Crippen LogP contribution in [0.15, 0.2) is 34.5 Å². The van der Waals surface area contributed by atoms with Crippen molar-refractivity contribution < 1.29 is 28.3 Å². The first-order valence-electron chi connectivity index (χ1n) is 10.3. The van der Waals surface area contributed by atoms with Crippen LogP contribution in [0.4, 0.5) is 0 Å². The van der Waals surface area contributed by atoms with E-state index < -0.39 is 29.4 Å². The highest BCUT2D eigenvalue weighted by Crippen LogP contribution is 2.60. The summed E-state index contributed by atoms with van der Waals surface area (Å²) in [4.78, 5) is 38.1. The Morgan fingerprint density at radius 1 is 1.23 bits per heavy atom. The molecule has 6 nitrogen and oxygen atoms in total. The van der Waals surface area contributed by atoms with Gasteiger partial charge in [-0.1, -0.05) is 26.0 Å². The van der Waals surface area contributed by atoms with E-state index in [0.717, 1.165) is 11.1 Å². The molecule has 0 aromatic carbocycles. The summed E-state index contributed by atoms with van der Waals surface area (Å²) in [6, 6.07) is 0. The van der Waals surface area contributed by atoms with Crippen molar-refractivity contribution in [2.75, 3.05) is 0 Å². The molecule has 0 amide bonds. The van der Waals surface area contributed by atoms with Crippen molar-refractivity contribution >= 4 is 17.7 Å². The van der Waals surface area contributed by atoms with Gasteiger partial charge in [-0.25, -0.2) is 9.59 Å². The SMILES string of the molecule is C=C(C)C(=O)OC1c2c(C)coc2C(=O)C2CCC(OC(=O)C=C(C)C)C(C)C21C. The molecule has 3 rings (SSSR count). The zero-order chi connectivity index (χ0) is 22.4. The fourth-order valence-corrected chi connectivity index (χ4v) is 4.86. The number of hydrogen-bond acceptors (Lipinski definition) is 6. The van der Waals surface area contributed by atoms with Crippen LogP contribution in [-0.2, 0) is 19.1 Å². The molecule has 0 bridgehead atoms. The Morgan fingerprint density at radius 2 is 1.90 bits per heavy atom. The first-order valence-corrected chi connectivity index (χ1v) is 10.3. The Kier molecular flexibility index (Phi) is 5.81. The van der Waals surface area contributed by atoms with Gasteiger partial charge >= 0.3 is 11.9 Å². The lowest BCUT2D eigenvalue weighted by Crippen LogP contribution is -2.55. The van der Waals surface area contributed by atoms with Gasteiger partial charge in [0.15, 0.2) is 5.76 Å². The number of aryl methyl sites for hydroxylation is 1. The maximum Gasteiger partial charge on any atom is 0.333 e. The Hall–Kier alpha value is -2.63. The average molecular weight is 414 g/mol. The highest BCUT2D eigenvalue weighted by molar-refractivity contribution is 5.99. The van der Waals surface area contributed by atoms with Crippen molar-refractivity contribution in [3.8, 4) is 0 Å². The lowest BCUT2D eigenvalue weighted by molar-refractivity contribution is -0.177. The van der Waals surface area contributed by atoms with Crippen molar-refractivity contribution in [3.05, 3.63) is 47.0 Å². The number of allylic oxidation sites excluding steroid dienone is 1. The number of fused-ring (bicyclic) bond motifs is 2. The molecule has 0 radical (unpaired) electrons. The van der Waals surface area contributed by atoms with E-state index in [1.807, 2.05) is 34.6 Å². The molecule has 0 aliphatic heterocycles. The lowest BCUT2D eigenvalue weighted by atomic mass is 9.53. The van der Waals surface area contributed by atoms with Gasteiger partial charge in [-0.2, -0.15) is 0 Å². The summed E-state index contributed by atoms with van der Waals surface area (Å²) in [7, 11) is 0. The smallest absolute Gasteiger partial charge is 0.333 e. The molecule has 2 aliphatic carbocycles. The maximum absolute atomic E-state index is 13.3. The van der Waals surface area contributed by atoms with Gasteiger partial charge in [-0.15, -0.1) is 0 Å². The molecule has 1 fully saturated rings. The van der Waals surface area contributed by atoms with Crippen LogP contribution in [0, 0.1) is 24.2 Å². The molecule has 1 heterocycles. The van der Waals surface area contributed by atoms with E-state index in [0.29, 0.717) is 18.4 Å². The second kappa shape index (κ2) is 7.89. The van der Waals surface area contributed by atoms with Crippen LogP contribution < -0.4 is 0 Å². The first kappa shape index (κ1) is 22.1. The Morgan fingerprint density at radius 3 is 2.50 bits per heavy atom. The third kappa shape index (κ3) is 3.53. The second-order valence-electron chi connectivity index (χ2n) is 9.07. The van der Waals surface area contributed by atoms with Gasteiger partial charge < -0.3 is 13.9 Å². The molecule has 6 heteroatoms. The van der Waals surface area contributed by atoms with E-state index >= 15 is 0 Å². The van der Waals surface area contributed by atoms with Crippen molar-refractivity contribution in [2.45, 2.75) is 66.6 Å². The Balaban J connectivity index is 2.05. The van der Waals surface area contributed by atoms with E-state index in [9.17, 15) is 14.4 Å². The van der Waals surface area contributed by atoms with Gasteiger partial charge in [0, 0.05) is 34.5 Å². The predicted molar refractivity (Wildman–Crippen MR) is 111 cm³/mol. The van der Waals surface area contributed by atoms with Gasteiger partial charge in [0.1, 0.15) is 12.2 Å². The number of hydrogen-bond donors (Lipinski definition) is 0. The molecular formula is C24H30O6. The summed E-state index contributed by atoms with van der Waals surface area (Å²) >= 11 is 0. The standard InChI is InChI=1S/C24H30O6/c1-12(2)10-18(25)29-17-9-8-16-20(26)21-19(14(5)11-28-21)22(24(16,7)15(17)6)30-23(27)13(3)4/h10-11,15-17,22H,3,8-9H2,1-2,4-7H3. The summed E-state index contributed by atoms with van der Waals surface area (Å²) in [6.45, 7) is 14.7. The van der Waals surface area contributed by atoms with E-state index in [-0.39, 0.29) is 29.1 Å². The fourth-order valence-electron chi connectivity index (χ4n) is 4.86. The molecule has 162 valence electrons. The van der Waals surface area contributed by atoms with E-state index in [1.165, 1.54) is 12.3 Å². The summed E-state index contributed by atoms with van der Waals surface area (Å²) < 4.78 is 17.3. The number of furan rings is 1. The minimum absolute atomic E-state index is 0.0795. The molecule has 0 saturated heterocycles. The van der Waals surface area contributed by atoms with E-state index in [2.05, 4.69) is 6.58 Å². The lowest BCUT2D eigenvalue weighted by Gasteiger charge is -2.53. The maximum atomic E-state index is 13.3. The monoisotopic (exact) mass is 414 g/mol.